The molecule has 1 fully saturated rings. The van der Waals surface area contributed by atoms with Gasteiger partial charge in [-0.15, -0.1) is 11.3 Å². The standard InChI is InChI=1S/C28H34N4O5S2/c1-19-15-23(20(2)37-19)18-31-12-9-21(10-13-31)17-29-27(33)28(34)30-24-8-7-22-5-3-11-32(25(22)16-24)39(35,36)26-6-4-14-38-26/h4,6-8,14-16,21H,3,5,9-13,17-18H2,1-2H3,(H,29,33)(H,30,34). The predicted octanol–water partition coefficient (Wildman–Crippen LogP) is 4.07. The van der Waals surface area contributed by atoms with E-state index in [2.05, 4.69) is 21.6 Å². The van der Waals surface area contributed by atoms with Crippen LogP contribution in [0.1, 0.15) is 41.9 Å². The highest BCUT2D eigenvalue weighted by Crippen LogP contribution is 2.35. The molecule has 2 aromatic heterocycles. The Morgan fingerprint density at radius 1 is 1.08 bits per heavy atom. The summed E-state index contributed by atoms with van der Waals surface area (Å²) in [5.74, 6) is 0.743. The Bertz CT molecular complexity index is 1440. The number of anilines is 2. The molecule has 0 atom stereocenters. The molecule has 11 heteroatoms. The van der Waals surface area contributed by atoms with Crippen molar-refractivity contribution in [3.8, 4) is 0 Å². The van der Waals surface area contributed by atoms with Crippen molar-refractivity contribution in [3.63, 3.8) is 0 Å². The van der Waals surface area contributed by atoms with Crippen molar-refractivity contribution < 1.29 is 22.4 Å². The maximum Gasteiger partial charge on any atom is 0.313 e. The first-order valence-electron chi connectivity index (χ1n) is 13.3. The lowest BCUT2D eigenvalue weighted by Crippen LogP contribution is -2.41. The van der Waals surface area contributed by atoms with Crippen LogP contribution >= 0.6 is 11.3 Å². The minimum atomic E-state index is -3.69. The molecule has 0 spiro atoms. The van der Waals surface area contributed by atoms with Crippen LogP contribution in [0.4, 0.5) is 11.4 Å². The average molecular weight is 571 g/mol. The van der Waals surface area contributed by atoms with Crippen LogP contribution in [0.25, 0.3) is 0 Å². The second-order valence-electron chi connectivity index (χ2n) is 10.3. The maximum atomic E-state index is 13.2. The molecule has 0 aliphatic carbocycles. The molecule has 2 aliphatic rings. The lowest BCUT2D eigenvalue weighted by atomic mass is 9.96. The number of hydrogen-bond donors (Lipinski definition) is 2. The summed E-state index contributed by atoms with van der Waals surface area (Å²) < 4.78 is 33.7. The lowest BCUT2D eigenvalue weighted by molar-refractivity contribution is -0.136. The van der Waals surface area contributed by atoms with Crippen LogP contribution in [0.15, 0.2) is 50.4 Å². The summed E-state index contributed by atoms with van der Waals surface area (Å²) in [6.07, 6.45) is 3.35. The van der Waals surface area contributed by atoms with Gasteiger partial charge >= 0.3 is 11.8 Å². The smallest absolute Gasteiger partial charge is 0.313 e. The highest BCUT2D eigenvalue weighted by molar-refractivity contribution is 7.94. The number of nitrogens with one attached hydrogen (secondary N) is 2. The molecule has 208 valence electrons. The third-order valence-electron chi connectivity index (χ3n) is 7.46. The van der Waals surface area contributed by atoms with Gasteiger partial charge < -0.3 is 15.1 Å². The molecule has 3 aromatic rings. The number of aryl methyl sites for hydroxylation is 3. The number of piperidine rings is 1. The summed E-state index contributed by atoms with van der Waals surface area (Å²) in [5, 5.41) is 7.15. The van der Waals surface area contributed by atoms with Gasteiger partial charge in [-0.25, -0.2) is 8.42 Å². The zero-order chi connectivity index (χ0) is 27.6. The molecule has 9 nitrogen and oxygen atoms in total. The number of amides is 2. The van der Waals surface area contributed by atoms with Gasteiger partial charge in [0.05, 0.1) is 5.69 Å². The van der Waals surface area contributed by atoms with Gasteiger partial charge in [0.25, 0.3) is 10.0 Å². The van der Waals surface area contributed by atoms with Crippen molar-refractivity contribution in [1.29, 1.82) is 0 Å². The van der Waals surface area contributed by atoms with Crippen LogP contribution in [0.3, 0.4) is 0 Å². The molecule has 4 heterocycles. The Kier molecular flexibility index (Phi) is 8.11. The van der Waals surface area contributed by atoms with E-state index in [1.807, 2.05) is 19.9 Å². The average Bonchev–Trinajstić information content (AvgIpc) is 3.58. The molecule has 0 saturated carbocycles. The van der Waals surface area contributed by atoms with Gasteiger partial charge in [-0.1, -0.05) is 12.1 Å². The van der Waals surface area contributed by atoms with Crippen LogP contribution in [-0.2, 0) is 32.6 Å². The van der Waals surface area contributed by atoms with Crippen molar-refractivity contribution in [1.82, 2.24) is 10.2 Å². The van der Waals surface area contributed by atoms with Gasteiger partial charge in [0.1, 0.15) is 15.7 Å². The van der Waals surface area contributed by atoms with E-state index in [0.29, 0.717) is 36.8 Å². The Balaban J connectivity index is 1.14. The van der Waals surface area contributed by atoms with E-state index in [4.69, 9.17) is 4.42 Å². The van der Waals surface area contributed by atoms with Crippen LogP contribution in [0, 0.1) is 19.8 Å². The Labute approximate surface area is 233 Å². The Morgan fingerprint density at radius 2 is 1.87 bits per heavy atom. The van der Waals surface area contributed by atoms with Gasteiger partial charge in [-0.2, -0.15) is 0 Å². The molecule has 5 rings (SSSR count). The summed E-state index contributed by atoms with van der Waals surface area (Å²) in [7, 11) is -3.69. The number of benzene rings is 1. The molecule has 2 N–H and O–H groups in total. The fourth-order valence-electron chi connectivity index (χ4n) is 5.32. The number of carbonyl (C=O) groups excluding carboxylic acids is 2. The zero-order valence-electron chi connectivity index (χ0n) is 22.2. The zero-order valence-corrected chi connectivity index (χ0v) is 23.9. The minimum Gasteiger partial charge on any atom is -0.466 e. The molecular weight excluding hydrogens is 536 g/mol. The van der Waals surface area contributed by atoms with Crippen LogP contribution in [0.2, 0.25) is 0 Å². The summed E-state index contributed by atoms with van der Waals surface area (Å²) in [4.78, 5) is 27.6. The monoisotopic (exact) mass is 570 g/mol. The molecular formula is C28H34N4O5S2. The van der Waals surface area contributed by atoms with E-state index in [-0.39, 0.29) is 4.21 Å². The van der Waals surface area contributed by atoms with E-state index in [1.54, 1.807) is 29.6 Å². The van der Waals surface area contributed by atoms with Crippen LogP contribution < -0.4 is 14.9 Å². The van der Waals surface area contributed by atoms with E-state index in [0.717, 1.165) is 56.0 Å². The van der Waals surface area contributed by atoms with Crippen molar-refractivity contribution >= 4 is 44.5 Å². The van der Waals surface area contributed by atoms with Gasteiger partial charge in [-0.3, -0.25) is 18.8 Å². The molecule has 1 aromatic carbocycles. The number of furan rings is 1. The second kappa shape index (κ2) is 11.5. The van der Waals surface area contributed by atoms with Crippen LogP contribution in [0.5, 0.6) is 0 Å². The van der Waals surface area contributed by atoms with E-state index in [9.17, 15) is 18.0 Å². The molecule has 2 amide bonds. The normalized spacial score (nSPS) is 16.6. The van der Waals surface area contributed by atoms with Crippen molar-refractivity contribution in [2.24, 2.45) is 5.92 Å². The Hall–Kier alpha value is -3.15. The van der Waals surface area contributed by atoms with Gasteiger partial charge in [0.15, 0.2) is 0 Å². The molecule has 0 radical (unpaired) electrons. The SMILES string of the molecule is Cc1cc(CN2CCC(CNC(=O)C(=O)Nc3ccc4c(c3)N(S(=O)(=O)c3cccs3)CCC4)CC2)c(C)o1. The van der Waals surface area contributed by atoms with Crippen molar-refractivity contribution in [2.45, 2.75) is 50.3 Å². The quantitative estimate of drug-likeness (QED) is 0.415. The van der Waals surface area contributed by atoms with E-state index < -0.39 is 21.8 Å². The van der Waals surface area contributed by atoms with Gasteiger partial charge in [-0.05, 0) is 93.7 Å². The topological polar surface area (TPSA) is 112 Å². The van der Waals surface area contributed by atoms with Crippen molar-refractivity contribution in [3.05, 3.63) is 64.4 Å². The van der Waals surface area contributed by atoms with Gasteiger partial charge in [0.2, 0.25) is 0 Å². The maximum absolute atomic E-state index is 13.2. The molecule has 0 bridgehead atoms. The van der Waals surface area contributed by atoms with Crippen molar-refractivity contribution in [2.75, 3.05) is 35.8 Å². The third kappa shape index (κ3) is 6.21. The van der Waals surface area contributed by atoms with Gasteiger partial charge in [0, 0.05) is 30.9 Å². The lowest BCUT2D eigenvalue weighted by Gasteiger charge is -2.31. The number of thiophene rings is 1. The van der Waals surface area contributed by atoms with E-state index in [1.165, 1.54) is 21.2 Å². The minimum absolute atomic E-state index is 0.279. The fraction of sp³-hybridized carbons (Fsp3) is 0.429. The fourth-order valence-corrected chi connectivity index (χ4v) is 7.96. The third-order valence-corrected chi connectivity index (χ3v) is 10.6. The molecule has 39 heavy (non-hydrogen) atoms. The highest BCUT2D eigenvalue weighted by Gasteiger charge is 2.30. The number of sulfonamides is 1. The largest absolute Gasteiger partial charge is 0.466 e. The van der Waals surface area contributed by atoms with Crippen LogP contribution in [-0.4, -0.2) is 51.3 Å². The number of carbonyl (C=O) groups is 2. The highest BCUT2D eigenvalue weighted by atomic mass is 32.2. The summed E-state index contributed by atoms with van der Waals surface area (Å²) in [6.45, 7) is 7.47. The van der Waals surface area contributed by atoms with E-state index >= 15 is 0 Å². The second-order valence-corrected chi connectivity index (χ2v) is 13.3. The molecule has 1 saturated heterocycles. The number of nitrogens with zero attached hydrogens (tertiary/aromatic N) is 2. The summed E-state index contributed by atoms with van der Waals surface area (Å²) in [6, 6.07) is 10.6. The summed E-state index contributed by atoms with van der Waals surface area (Å²) >= 11 is 1.18. The number of rotatable bonds is 7. The molecule has 0 unspecified atom stereocenters. The predicted molar refractivity (Wildman–Crippen MR) is 151 cm³/mol. The summed E-state index contributed by atoms with van der Waals surface area (Å²) in [5.41, 5.74) is 3.04. The number of likely N-dealkylation sites (tertiary alicyclic amines) is 1. The Morgan fingerprint density at radius 3 is 2.56 bits per heavy atom. The number of hydrogen-bond acceptors (Lipinski definition) is 7. The molecule has 2 aliphatic heterocycles. The first-order chi connectivity index (χ1) is 18.7. The number of fused-ring (bicyclic) bond motifs is 1. The first-order valence-corrected chi connectivity index (χ1v) is 15.6. The first kappa shape index (κ1) is 27.4.